The third-order valence-corrected chi connectivity index (χ3v) is 5.95. The highest BCUT2D eigenvalue weighted by Gasteiger charge is 2.26. The van der Waals surface area contributed by atoms with Gasteiger partial charge in [-0.2, -0.15) is 0 Å². The summed E-state index contributed by atoms with van der Waals surface area (Å²) in [6.45, 7) is 5.16. The Kier molecular flexibility index (Phi) is 5.69. The first kappa shape index (κ1) is 18.0. The predicted octanol–water partition coefficient (Wildman–Crippen LogP) is 3.05. The van der Waals surface area contributed by atoms with E-state index in [2.05, 4.69) is 36.4 Å². The molecule has 1 aliphatic carbocycles. The van der Waals surface area contributed by atoms with Crippen LogP contribution in [0, 0.1) is 5.92 Å². The maximum atomic E-state index is 12.9. The monoisotopic (exact) mass is 361 g/mol. The third kappa shape index (κ3) is 4.48. The lowest BCUT2D eigenvalue weighted by molar-refractivity contribution is -0.907. The van der Waals surface area contributed by atoms with Crippen LogP contribution < -0.4 is 4.90 Å². The normalized spacial score (nSPS) is 20.6. The Labute approximate surface area is 162 Å². The summed E-state index contributed by atoms with van der Waals surface area (Å²) in [6, 6.07) is 18.4. The van der Waals surface area contributed by atoms with Gasteiger partial charge in [-0.15, -0.1) is 0 Å². The maximum absolute atomic E-state index is 12.9. The molecule has 27 heavy (non-hydrogen) atoms. The molecule has 1 aliphatic heterocycles. The van der Waals surface area contributed by atoms with Gasteiger partial charge in [0, 0.05) is 11.5 Å². The van der Waals surface area contributed by atoms with Crippen molar-refractivity contribution in [2.45, 2.75) is 19.3 Å². The van der Waals surface area contributed by atoms with Crippen LogP contribution in [0.4, 0.5) is 0 Å². The number of hydrogen-bond acceptors (Lipinski definition) is 1. The fourth-order valence-corrected chi connectivity index (χ4v) is 4.30. The molecule has 2 aromatic carbocycles. The van der Waals surface area contributed by atoms with Crippen molar-refractivity contribution in [2.75, 3.05) is 32.7 Å². The summed E-state index contributed by atoms with van der Waals surface area (Å²) < 4.78 is 0. The molecule has 0 radical (unpaired) electrons. The molecule has 0 spiro atoms. The summed E-state index contributed by atoms with van der Waals surface area (Å²) in [4.78, 5) is 16.5. The van der Waals surface area contributed by atoms with Crippen LogP contribution in [0.2, 0.25) is 0 Å². The summed E-state index contributed by atoms with van der Waals surface area (Å²) in [5.41, 5.74) is 3.14. The zero-order valence-corrected chi connectivity index (χ0v) is 15.9. The van der Waals surface area contributed by atoms with E-state index in [9.17, 15) is 4.79 Å². The third-order valence-electron chi connectivity index (χ3n) is 5.95. The number of hydrogen-bond donors (Lipinski definition) is 1. The Morgan fingerprint density at radius 2 is 1.63 bits per heavy atom. The van der Waals surface area contributed by atoms with Gasteiger partial charge in [0.15, 0.2) is 0 Å². The summed E-state index contributed by atoms with van der Waals surface area (Å²) in [5, 5.41) is 0. The highest BCUT2D eigenvalue weighted by molar-refractivity contribution is 5.94. The van der Waals surface area contributed by atoms with Gasteiger partial charge >= 0.3 is 0 Å². The Morgan fingerprint density at radius 1 is 0.926 bits per heavy atom. The molecule has 0 aromatic heterocycles. The average molecular weight is 362 g/mol. The average Bonchev–Trinajstić information content (AvgIpc) is 2.75. The van der Waals surface area contributed by atoms with Crippen molar-refractivity contribution in [1.82, 2.24) is 4.90 Å². The topological polar surface area (TPSA) is 24.8 Å². The summed E-state index contributed by atoms with van der Waals surface area (Å²) in [6.07, 6.45) is 8.45. The van der Waals surface area contributed by atoms with Crippen LogP contribution in [0.1, 0.15) is 29.6 Å². The Balaban J connectivity index is 1.32. The lowest BCUT2D eigenvalue weighted by Gasteiger charge is -2.34. The number of nitrogens with one attached hydrogen (secondary N) is 1. The summed E-state index contributed by atoms with van der Waals surface area (Å²) >= 11 is 0. The fourth-order valence-electron chi connectivity index (χ4n) is 4.30. The molecule has 3 heteroatoms. The van der Waals surface area contributed by atoms with Crippen molar-refractivity contribution in [3.63, 3.8) is 0 Å². The molecule has 140 valence electrons. The van der Waals surface area contributed by atoms with Crippen LogP contribution in [0.25, 0.3) is 11.1 Å². The Hall–Kier alpha value is -2.39. The van der Waals surface area contributed by atoms with E-state index < -0.39 is 0 Å². The van der Waals surface area contributed by atoms with Gasteiger partial charge < -0.3 is 9.80 Å². The van der Waals surface area contributed by atoms with E-state index in [0.717, 1.165) is 43.2 Å². The maximum Gasteiger partial charge on any atom is 0.254 e. The van der Waals surface area contributed by atoms with Crippen LogP contribution in [-0.4, -0.2) is 43.5 Å². The Morgan fingerprint density at radius 3 is 2.30 bits per heavy atom. The molecular formula is C24H29N2O+. The van der Waals surface area contributed by atoms with Gasteiger partial charge in [0.25, 0.3) is 5.91 Å². The fraction of sp³-hybridized carbons (Fsp3) is 0.375. The largest absolute Gasteiger partial charge is 0.332 e. The number of allylic oxidation sites excluding steroid dienone is 2. The number of piperazine rings is 1. The van der Waals surface area contributed by atoms with Gasteiger partial charge in [0.2, 0.25) is 0 Å². The van der Waals surface area contributed by atoms with Crippen molar-refractivity contribution in [1.29, 1.82) is 0 Å². The van der Waals surface area contributed by atoms with Crippen molar-refractivity contribution in [3.8, 4) is 11.1 Å². The zero-order chi connectivity index (χ0) is 18.5. The summed E-state index contributed by atoms with van der Waals surface area (Å²) in [7, 11) is 0. The van der Waals surface area contributed by atoms with Gasteiger partial charge in [-0.25, -0.2) is 0 Å². The SMILES string of the molecule is O=C(c1ccc(-c2ccccc2)cc1)N1CC[NH+](C[C@@H]2CC=CCC2)CC1. The van der Waals surface area contributed by atoms with Gasteiger partial charge in [-0.3, -0.25) is 4.79 Å². The first-order chi connectivity index (χ1) is 13.3. The number of quaternary nitrogens is 1. The molecule has 2 aliphatic rings. The molecular weight excluding hydrogens is 332 g/mol. The van der Waals surface area contributed by atoms with Gasteiger partial charge in [-0.1, -0.05) is 54.6 Å². The number of carbonyl (C=O) groups excluding carboxylic acids is 1. The van der Waals surface area contributed by atoms with Crippen molar-refractivity contribution >= 4 is 5.91 Å². The molecule has 1 fully saturated rings. The smallest absolute Gasteiger partial charge is 0.254 e. The minimum Gasteiger partial charge on any atom is -0.332 e. The van der Waals surface area contributed by atoms with Crippen LogP contribution >= 0.6 is 0 Å². The molecule has 0 saturated carbocycles. The lowest BCUT2D eigenvalue weighted by Crippen LogP contribution is -3.15. The van der Waals surface area contributed by atoms with Gasteiger partial charge in [-0.05, 0) is 42.5 Å². The Bertz CT molecular complexity index is 774. The summed E-state index contributed by atoms with van der Waals surface area (Å²) in [5.74, 6) is 1.01. The van der Waals surface area contributed by atoms with Crippen molar-refractivity contribution < 1.29 is 9.69 Å². The highest BCUT2D eigenvalue weighted by atomic mass is 16.2. The number of carbonyl (C=O) groups is 1. The molecule has 1 atom stereocenters. The number of rotatable bonds is 4. The standard InChI is InChI=1S/C24H28N2O/c27-24(23-13-11-22(12-14-23)21-9-5-2-6-10-21)26-17-15-25(16-18-26)19-20-7-3-1-4-8-20/h1-3,5-6,9-14,20H,4,7-8,15-19H2/p+1/t20-/m1/s1. The van der Waals surface area contributed by atoms with Crippen molar-refractivity contribution in [2.24, 2.45) is 5.92 Å². The molecule has 1 heterocycles. The van der Waals surface area contributed by atoms with E-state index in [0.29, 0.717) is 0 Å². The molecule has 1 N–H and O–H groups in total. The first-order valence-electron chi connectivity index (χ1n) is 10.2. The molecule has 2 aromatic rings. The van der Waals surface area contributed by atoms with Crippen LogP contribution in [0.5, 0.6) is 0 Å². The van der Waals surface area contributed by atoms with Crippen LogP contribution in [0.3, 0.4) is 0 Å². The predicted molar refractivity (Wildman–Crippen MR) is 110 cm³/mol. The van der Waals surface area contributed by atoms with E-state index in [1.54, 1.807) is 4.90 Å². The van der Waals surface area contributed by atoms with E-state index in [1.807, 2.05) is 35.2 Å². The second-order valence-electron chi connectivity index (χ2n) is 7.84. The molecule has 3 nitrogen and oxygen atoms in total. The minimum atomic E-state index is 0.175. The van der Waals surface area contributed by atoms with E-state index >= 15 is 0 Å². The van der Waals surface area contributed by atoms with Crippen molar-refractivity contribution in [3.05, 3.63) is 72.3 Å². The second kappa shape index (κ2) is 8.53. The van der Waals surface area contributed by atoms with E-state index in [1.165, 1.54) is 31.4 Å². The first-order valence-corrected chi connectivity index (χ1v) is 10.2. The number of nitrogens with zero attached hydrogens (tertiary/aromatic N) is 1. The van der Waals surface area contributed by atoms with Gasteiger partial charge in [0.1, 0.15) is 0 Å². The minimum absolute atomic E-state index is 0.175. The zero-order valence-electron chi connectivity index (χ0n) is 15.9. The quantitative estimate of drug-likeness (QED) is 0.832. The molecule has 0 unspecified atom stereocenters. The molecule has 1 amide bonds. The number of amides is 1. The van der Waals surface area contributed by atoms with E-state index in [4.69, 9.17) is 0 Å². The van der Waals surface area contributed by atoms with Crippen LogP contribution in [0.15, 0.2) is 66.7 Å². The lowest BCUT2D eigenvalue weighted by atomic mass is 9.94. The van der Waals surface area contributed by atoms with E-state index in [-0.39, 0.29) is 5.91 Å². The van der Waals surface area contributed by atoms with Gasteiger partial charge in [0.05, 0.1) is 32.7 Å². The number of benzene rings is 2. The second-order valence-corrected chi connectivity index (χ2v) is 7.84. The highest BCUT2D eigenvalue weighted by Crippen LogP contribution is 2.20. The molecule has 0 bridgehead atoms. The molecule has 1 saturated heterocycles. The van der Waals surface area contributed by atoms with Crippen LogP contribution in [-0.2, 0) is 0 Å². The molecule has 4 rings (SSSR count).